The normalized spacial score (nSPS) is 18.4. The third-order valence-electron chi connectivity index (χ3n) is 9.00. The maximum atomic E-state index is 14.2. The number of fused-ring (bicyclic) bond motifs is 1. The number of rotatable bonds is 18. The van der Waals surface area contributed by atoms with E-state index in [1.807, 2.05) is 56.3 Å². The highest BCUT2D eigenvalue weighted by atomic mass is 16.5. The van der Waals surface area contributed by atoms with E-state index < -0.39 is 78.2 Å². The molecule has 1 aliphatic rings. The van der Waals surface area contributed by atoms with Crippen LogP contribution in [-0.2, 0) is 40.1 Å². The van der Waals surface area contributed by atoms with Gasteiger partial charge in [-0.2, -0.15) is 0 Å². The molecule has 268 valence electrons. The first kappa shape index (κ1) is 38.9. The number of carboxylic acid groups (broad SMARTS) is 2. The smallest absolute Gasteiger partial charge is 0.326 e. The van der Waals surface area contributed by atoms with E-state index in [4.69, 9.17) is 9.84 Å². The Morgan fingerprint density at radius 1 is 0.898 bits per heavy atom. The molecule has 13 nitrogen and oxygen atoms in total. The van der Waals surface area contributed by atoms with Crippen LogP contribution in [0.1, 0.15) is 78.7 Å². The molecule has 1 heterocycles. The number of hydrogen-bond acceptors (Lipinski definition) is 7. The molecule has 13 heteroatoms. The zero-order valence-corrected chi connectivity index (χ0v) is 28.9. The van der Waals surface area contributed by atoms with Gasteiger partial charge in [-0.15, -0.1) is 0 Å². The Bertz CT molecular complexity index is 1490. The fraction of sp³-hybridized carbons (Fsp3) is 0.556. The first-order chi connectivity index (χ1) is 23.3. The second-order valence-corrected chi connectivity index (χ2v) is 13.1. The molecule has 0 spiro atoms. The molecule has 2 aromatic rings. The summed E-state index contributed by atoms with van der Waals surface area (Å²) in [6.45, 7) is 9.16. The highest BCUT2D eigenvalue weighted by Crippen LogP contribution is 2.26. The van der Waals surface area contributed by atoms with Gasteiger partial charge in [-0.25, -0.2) is 4.79 Å². The summed E-state index contributed by atoms with van der Waals surface area (Å²) in [5, 5.41) is 28.7. The lowest BCUT2D eigenvalue weighted by molar-refractivity contribution is -0.145. The van der Waals surface area contributed by atoms with Gasteiger partial charge in [0, 0.05) is 19.4 Å². The minimum Gasteiger partial charge on any atom is -0.481 e. The van der Waals surface area contributed by atoms with E-state index >= 15 is 0 Å². The highest BCUT2D eigenvalue weighted by Gasteiger charge is 2.44. The topological polar surface area (TPSA) is 191 Å². The van der Waals surface area contributed by atoms with Crippen LogP contribution in [0.25, 0.3) is 10.8 Å². The number of hydrogen-bond donors (Lipinski definition) is 5. The van der Waals surface area contributed by atoms with E-state index in [1.165, 1.54) is 4.90 Å². The fourth-order valence-corrected chi connectivity index (χ4v) is 5.95. The summed E-state index contributed by atoms with van der Waals surface area (Å²) in [5.74, 6) is -5.45. The van der Waals surface area contributed by atoms with E-state index in [-0.39, 0.29) is 38.3 Å². The van der Waals surface area contributed by atoms with Crippen LogP contribution >= 0.6 is 0 Å². The molecule has 0 bridgehead atoms. The monoisotopic (exact) mass is 682 g/mol. The van der Waals surface area contributed by atoms with E-state index in [0.29, 0.717) is 12.8 Å². The van der Waals surface area contributed by atoms with Gasteiger partial charge >= 0.3 is 11.9 Å². The van der Waals surface area contributed by atoms with E-state index in [2.05, 4.69) is 16.0 Å². The maximum absolute atomic E-state index is 14.2. The van der Waals surface area contributed by atoms with E-state index in [0.717, 1.165) is 16.3 Å². The number of carbonyl (C=O) groups is 6. The largest absolute Gasteiger partial charge is 0.481 e. The summed E-state index contributed by atoms with van der Waals surface area (Å²) in [5.41, 5.74) is 0.937. The summed E-state index contributed by atoms with van der Waals surface area (Å²) in [6.07, 6.45) is 0.117. The van der Waals surface area contributed by atoms with Crippen molar-refractivity contribution in [2.45, 2.75) is 110 Å². The molecule has 2 aromatic carbocycles. The summed E-state index contributed by atoms with van der Waals surface area (Å²) in [4.78, 5) is 78.1. The quantitative estimate of drug-likeness (QED) is 0.157. The van der Waals surface area contributed by atoms with Crippen LogP contribution in [0, 0.1) is 11.8 Å². The first-order valence-corrected chi connectivity index (χ1v) is 17.0. The van der Waals surface area contributed by atoms with Crippen LogP contribution in [-0.4, -0.2) is 87.5 Å². The third kappa shape index (κ3) is 10.7. The molecule has 3 rings (SSSR count). The Hall–Kier alpha value is -4.52. The van der Waals surface area contributed by atoms with Crippen molar-refractivity contribution in [3.63, 3.8) is 0 Å². The molecule has 1 aliphatic heterocycles. The number of ether oxygens (including phenoxy) is 1. The molecule has 5 N–H and O–H groups in total. The van der Waals surface area contributed by atoms with Gasteiger partial charge in [-0.1, -0.05) is 89.9 Å². The van der Waals surface area contributed by atoms with Crippen LogP contribution in [0.5, 0.6) is 0 Å². The van der Waals surface area contributed by atoms with Gasteiger partial charge < -0.3 is 35.8 Å². The molecule has 4 amide bonds. The lowest BCUT2D eigenvalue weighted by atomic mass is 9.96. The van der Waals surface area contributed by atoms with Crippen LogP contribution in [0.3, 0.4) is 0 Å². The van der Waals surface area contributed by atoms with Gasteiger partial charge in [-0.05, 0) is 34.6 Å². The zero-order valence-electron chi connectivity index (χ0n) is 28.9. The molecular weight excluding hydrogens is 632 g/mol. The number of nitrogens with zero attached hydrogens (tertiary/aromatic N) is 1. The number of aliphatic carboxylic acids is 2. The fourth-order valence-electron chi connectivity index (χ4n) is 5.95. The first-order valence-electron chi connectivity index (χ1n) is 17.0. The van der Waals surface area contributed by atoms with Gasteiger partial charge in [0.05, 0.1) is 19.1 Å². The number of benzene rings is 2. The Labute approximate surface area is 287 Å². The van der Waals surface area contributed by atoms with Crippen LogP contribution in [0.4, 0.5) is 0 Å². The summed E-state index contributed by atoms with van der Waals surface area (Å²) in [7, 11) is 0. The van der Waals surface area contributed by atoms with Crippen molar-refractivity contribution < 1.29 is 43.7 Å². The van der Waals surface area contributed by atoms with Crippen LogP contribution < -0.4 is 16.0 Å². The third-order valence-corrected chi connectivity index (χ3v) is 9.00. The summed E-state index contributed by atoms with van der Waals surface area (Å²) < 4.78 is 6.28. The molecule has 1 saturated heterocycles. The Morgan fingerprint density at radius 2 is 1.59 bits per heavy atom. The van der Waals surface area contributed by atoms with Crippen molar-refractivity contribution in [1.82, 2.24) is 20.9 Å². The molecule has 4 unspecified atom stereocenters. The van der Waals surface area contributed by atoms with Crippen molar-refractivity contribution in [3.05, 3.63) is 48.0 Å². The second kappa shape index (κ2) is 18.3. The molecule has 0 aromatic heterocycles. The molecule has 1 fully saturated rings. The minimum absolute atomic E-state index is 0.0347. The maximum Gasteiger partial charge on any atom is 0.326 e. The molecule has 0 aliphatic carbocycles. The van der Waals surface area contributed by atoms with Crippen molar-refractivity contribution >= 4 is 46.3 Å². The number of amides is 4. The summed E-state index contributed by atoms with van der Waals surface area (Å²) in [6, 6.07) is 9.45. The lowest BCUT2D eigenvalue weighted by Crippen LogP contribution is -2.59. The van der Waals surface area contributed by atoms with Crippen molar-refractivity contribution in [3.8, 4) is 0 Å². The second-order valence-electron chi connectivity index (χ2n) is 13.1. The van der Waals surface area contributed by atoms with Crippen LogP contribution in [0.15, 0.2) is 42.5 Å². The molecular formula is C36H50N4O9. The van der Waals surface area contributed by atoms with Gasteiger partial charge in [-0.3, -0.25) is 24.0 Å². The van der Waals surface area contributed by atoms with Crippen molar-refractivity contribution in [1.29, 1.82) is 0 Å². The van der Waals surface area contributed by atoms with Gasteiger partial charge in [0.25, 0.3) is 0 Å². The molecule has 6 atom stereocenters. The predicted octanol–water partition coefficient (Wildman–Crippen LogP) is 3.23. The standard InChI is InChI=1S/C36H50N4O9/c1-6-11-27(36(47)48)37-33(44)28-18-25(49-20-24-14-10-13-23-12-8-9-15-26(23)24)19-40(28)35(46)31(21(3)4)39-34(45)32(22(5)7-2)38-29(41)16-17-30(42)43/h8-10,12-15,21-22,25,27-28,31-32H,6-7,11,16-20H2,1-5H3,(H,37,44)(H,38,41)(H,39,45)(H,42,43)(H,47,48)/t22?,25?,27-,28?,31-,32?/m0/s1. The lowest BCUT2D eigenvalue weighted by Gasteiger charge is -2.32. The molecule has 0 saturated carbocycles. The van der Waals surface area contributed by atoms with E-state index in [1.54, 1.807) is 20.8 Å². The number of likely N-dealkylation sites (tertiary alicyclic amines) is 1. The Balaban J connectivity index is 1.85. The van der Waals surface area contributed by atoms with Crippen LogP contribution in [0.2, 0.25) is 0 Å². The molecule has 0 radical (unpaired) electrons. The molecule has 49 heavy (non-hydrogen) atoms. The minimum atomic E-state index is -1.18. The highest BCUT2D eigenvalue weighted by molar-refractivity contribution is 5.96. The van der Waals surface area contributed by atoms with Gasteiger partial charge in [0.2, 0.25) is 23.6 Å². The van der Waals surface area contributed by atoms with Crippen molar-refractivity contribution in [2.24, 2.45) is 11.8 Å². The van der Waals surface area contributed by atoms with Gasteiger partial charge in [0.1, 0.15) is 24.2 Å². The van der Waals surface area contributed by atoms with E-state index in [9.17, 15) is 33.9 Å². The Kier molecular flexibility index (Phi) is 14.5. The predicted molar refractivity (Wildman–Crippen MR) is 182 cm³/mol. The van der Waals surface area contributed by atoms with Crippen molar-refractivity contribution in [2.75, 3.05) is 6.54 Å². The average molecular weight is 683 g/mol. The number of carbonyl (C=O) groups excluding carboxylic acids is 4. The number of nitrogens with one attached hydrogen (secondary N) is 3. The number of carboxylic acids is 2. The SMILES string of the molecule is CCC[C@H](NC(=O)C1CC(OCc2cccc3ccccc23)CN1C(=O)[C@@H](NC(=O)C(NC(=O)CCC(=O)O)C(C)CC)C(C)C)C(=O)O. The zero-order chi connectivity index (χ0) is 36.2. The summed E-state index contributed by atoms with van der Waals surface area (Å²) >= 11 is 0. The Morgan fingerprint density at radius 3 is 2.22 bits per heavy atom. The average Bonchev–Trinajstić information content (AvgIpc) is 3.51. The van der Waals surface area contributed by atoms with Gasteiger partial charge in [0.15, 0.2) is 0 Å².